The van der Waals surface area contributed by atoms with Gasteiger partial charge in [0.15, 0.2) is 11.5 Å². The van der Waals surface area contributed by atoms with Crippen molar-refractivity contribution in [3.05, 3.63) is 42.0 Å². The number of benzene rings is 2. The highest BCUT2D eigenvalue weighted by Crippen LogP contribution is 2.35. The van der Waals surface area contributed by atoms with E-state index in [0.29, 0.717) is 34.2 Å². The number of fused-ring (bicyclic) bond motifs is 1. The summed E-state index contributed by atoms with van der Waals surface area (Å²) in [4.78, 5) is 12.2. The summed E-state index contributed by atoms with van der Waals surface area (Å²) >= 11 is 0. The van der Waals surface area contributed by atoms with Gasteiger partial charge in [0, 0.05) is 23.9 Å². The number of methoxy groups -OCH3 is 2. The molecule has 8 nitrogen and oxygen atoms in total. The molecule has 2 aromatic carbocycles. The second-order valence-corrected chi connectivity index (χ2v) is 6.25. The van der Waals surface area contributed by atoms with E-state index in [9.17, 15) is 9.90 Å². The third kappa shape index (κ3) is 4.35. The van der Waals surface area contributed by atoms with Crippen molar-refractivity contribution in [3.63, 3.8) is 0 Å². The van der Waals surface area contributed by atoms with Crippen molar-refractivity contribution in [1.29, 1.82) is 0 Å². The van der Waals surface area contributed by atoms with Gasteiger partial charge in [0.05, 0.1) is 20.8 Å². The number of urea groups is 1. The number of carbonyl (C=O) groups is 1. The monoisotopic (exact) mass is 374 g/mol. The smallest absolute Gasteiger partial charge is 0.319 e. The maximum atomic E-state index is 12.2. The summed E-state index contributed by atoms with van der Waals surface area (Å²) in [6, 6.07) is 9.74. The van der Waals surface area contributed by atoms with Gasteiger partial charge in [-0.3, -0.25) is 0 Å². The fraction of sp³-hybridized carbons (Fsp3) is 0.316. The molecule has 0 fully saturated rings. The highest BCUT2D eigenvalue weighted by molar-refractivity contribution is 5.89. The molecular weight excluding hydrogens is 352 g/mol. The molecular formula is C19H22N2O6. The average Bonchev–Trinajstić information content (AvgIpc) is 3.14. The first-order chi connectivity index (χ1) is 12.9. The third-order valence-electron chi connectivity index (χ3n) is 4.20. The number of carbonyl (C=O) groups excluding carboxylic acids is 1. The van der Waals surface area contributed by atoms with Gasteiger partial charge in [-0.05, 0) is 24.6 Å². The summed E-state index contributed by atoms with van der Waals surface area (Å²) in [6.07, 6.45) is 0. The summed E-state index contributed by atoms with van der Waals surface area (Å²) in [5.41, 5.74) is -0.175. The average molecular weight is 374 g/mol. The number of anilines is 1. The van der Waals surface area contributed by atoms with Crippen LogP contribution in [0.2, 0.25) is 0 Å². The van der Waals surface area contributed by atoms with Crippen molar-refractivity contribution in [2.24, 2.45) is 0 Å². The predicted octanol–water partition coefficient (Wildman–Crippen LogP) is 2.46. The molecule has 27 heavy (non-hydrogen) atoms. The van der Waals surface area contributed by atoms with Crippen molar-refractivity contribution in [1.82, 2.24) is 5.32 Å². The number of hydrogen-bond acceptors (Lipinski definition) is 6. The minimum absolute atomic E-state index is 0.000416. The predicted molar refractivity (Wildman–Crippen MR) is 98.7 cm³/mol. The Morgan fingerprint density at radius 1 is 1.11 bits per heavy atom. The molecule has 3 N–H and O–H groups in total. The Balaban J connectivity index is 1.63. The Bertz CT molecular complexity index is 815. The normalized spacial score (nSPS) is 14.2. The van der Waals surface area contributed by atoms with Gasteiger partial charge in [-0.15, -0.1) is 0 Å². The molecule has 1 aliphatic rings. The fourth-order valence-corrected chi connectivity index (χ4v) is 2.64. The summed E-state index contributed by atoms with van der Waals surface area (Å²) in [5.74, 6) is 2.31. The lowest BCUT2D eigenvalue weighted by atomic mass is 9.95. The Morgan fingerprint density at radius 3 is 2.44 bits per heavy atom. The van der Waals surface area contributed by atoms with Crippen molar-refractivity contribution >= 4 is 11.7 Å². The lowest BCUT2D eigenvalue weighted by Crippen LogP contribution is -2.40. The van der Waals surface area contributed by atoms with Crippen molar-refractivity contribution in [3.8, 4) is 23.0 Å². The van der Waals surface area contributed by atoms with Gasteiger partial charge in [-0.1, -0.05) is 6.07 Å². The van der Waals surface area contributed by atoms with Crippen molar-refractivity contribution in [2.45, 2.75) is 12.5 Å². The van der Waals surface area contributed by atoms with Gasteiger partial charge in [0.25, 0.3) is 0 Å². The van der Waals surface area contributed by atoms with Crippen LogP contribution in [0.15, 0.2) is 36.4 Å². The second kappa shape index (κ2) is 7.63. The fourth-order valence-electron chi connectivity index (χ4n) is 2.64. The van der Waals surface area contributed by atoms with Crippen LogP contribution in [-0.2, 0) is 5.60 Å². The quantitative estimate of drug-likeness (QED) is 0.719. The Labute approximate surface area is 157 Å². The van der Waals surface area contributed by atoms with Gasteiger partial charge in [-0.25, -0.2) is 4.79 Å². The Kier molecular flexibility index (Phi) is 5.27. The van der Waals surface area contributed by atoms with Crippen LogP contribution in [0.3, 0.4) is 0 Å². The number of amides is 2. The molecule has 3 rings (SSSR count). The molecule has 1 unspecified atom stereocenters. The minimum Gasteiger partial charge on any atom is -0.497 e. The van der Waals surface area contributed by atoms with Crippen molar-refractivity contribution < 1.29 is 28.8 Å². The lowest BCUT2D eigenvalue weighted by molar-refractivity contribution is 0.0597. The molecule has 0 aromatic heterocycles. The van der Waals surface area contributed by atoms with E-state index >= 15 is 0 Å². The van der Waals surface area contributed by atoms with E-state index < -0.39 is 11.6 Å². The molecule has 1 heterocycles. The lowest BCUT2D eigenvalue weighted by Gasteiger charge is -2.24. The van der Waals surface area contributed by atoms with Gasteiger partial charge >= 0.3 is 6.03 Å². The van der Waals surface area contributed by atoms with Crippen LogP contribution < -0.4 is 29.6 Å². The van der Waals surface area contributed by atoms with E-state index in [4.69, 9.17) is 18.9 Å². The Hall–Kier alpha value is -3.13. The van der Waals surface area contributed by atoms with E-state index in [1.807, 2.05) is 0 Å². The molecule has 2 aromatic rings. The standard InChI is InChI=1S/C19H22N2O6/c1-19(23,12-4-5-16-17(6-12)27-11-26-16)10-20-18(22)21-13-7-14(24-2)9-15(8-13)25-3/h4-9,23H,10-11H2,1-3H3,(H2,20,21,22). The van der Waals surface area contributed by atoms with E-state index in [1.54, 1.807) is 43.3 Å². The first-order valence-electron chi connectivity index (χ1n) is 8.32. The maximum absolute atomic E-state index is 12.2. The van der Waals surface area contributed by atoms with E-state index in [1.165, 1.54) is 14.2 Å². The van der Waals surface area contributed by atoms with Crippen LogP contribution in [0, 0.1) is 0 Å². The van der Waals surface area contributed by atoms with Crippen LogP contribution in [0.5, 0.6) is 23.0 Å². The number of hydrogen-bond donors (Lipinski definition) is 3. The first-order valence-corrected chi connectivity index (χ1v) is 8.32. The van der Waals surface area contributed by atoms with Crippen LogP contribution in [0.4, 0.5) is 10.5 Å². The molecule has 0 saturated carbocycles. The number of ether oxygens (including phenoxy) is 4. The molecule has 2 amide bonds. The zero-order valence-electron chi connectivity index (χ0n) is 15.4. The van der Waals surface area contributed by atoms with Crippen LogP contribution in [0.25, 0.3) is 0 Å². The summed E-state index contributed by atoms with van der Waals surface area (Å²) in [7, 11) is 3.06. The van der Waals surface area contributed by atoms with Gasteiger partial charge in [0.2, 0.25) is 6.79 Å². The Morgan fingerprint density at radius 2 is 1.78 bits per heavy atom. The molecule has 0 bridgehead atoms. The van der Waals surface area contributed by atoms with Gasteiger partial charge in [0.1, 0.15) is 17.1 Å². The maximum Gasteiger partial charge on any atom is 0.319 e. The van der Waals surface area contributed by atoms with Crippen LogP contribution >= 0.6 is 0 Å². The summed E-state index contributed by atoms with van der Waals surface area (Å²) < 4.78 is 20.9. The summed E-state index contributed by atoms with van der Waals surface area (Å²) in [5, 5.41) is 16.1. The van der Waals surface area contributed by atoms with E-state index in [0.717, 1.165) is 0 Å². The zero-order chi connectivity index (χ0) is 19.4. The molecule has 1 atom stereocenters. The molecule has 8 heteroatoms. The highest BCUT2D eigenvalue weighted by Gasteiger charge is 2.26. The van der Waals surface area contributed by atoms with Crippen LogP contribution in [-0.4, -0.2) is 38.7 Å². The van der Waals surface area contributed by atoms with Gasteiger partial charge < -0.3 is 34.7 Å². The molecule has 0 aliphatic carbocycles. The third-order valence-corrected chi connectivity index (χ3v) is 4.20. The molecule has 0 spiro atoms. The largest absolute Gasteiger partial charge is 0.497 e. The summed E-state index contributed by atoms with van der Waals surface area (Å²) in [6.45, 7) is 1.77. The zero-order valence-corrected chi connectivity index (χ0v) is 15.4. The first kappa shape index (κ1) is 18.7. The minimum atomic E-state index is -1.29. The molecule has 0 saturated heterocycles. The highest BCUT2D eigenvalue weighted by atomic mass is 16.7. The van der Waals surface area contributed by atoms with Crippen molar-refractivity contribution in [2.75, 3.05) is 32.9 Å². The number of aliphatic hydroxyl groups is 1. The second-order valence-electron chi connectivity index (χ2n) is 6.25. The number of nitrogens with one attached hydrogen (secondary N) is 2. The van der Waals surface area contributed by atoms with E-state index in [-0.39, 0.29) is 13.3 Å². The van der Waals surface area contributed by atoms with E-state index in [2.05, 4.69) is 10.6 Å². The number of rotatable bonds is 6. The SMILES string of the molecule is COc1cc(NC(=O)NCC(C)(O)c2ccc3c(c2)OCO3)cc(OC)c1. The van der Waals surface area contributed by atoms with Gasteiger partial charge in [-0.2, -0.15) is 0 Å². The topological polar surface area (TPSA) is 98.3 Å². The molecule has 1 aliphatic heterocycles. The molecule has 144 valence electrons. The van der Waals surface area contributed by atoms with Crippen LogP contribution in [0.1, 0.15) is 12.5 Å². The molecule has 0 radical (unpaired) electrons.